The Labute approximate surface area is 118 Å². The number of hydrogen-bond donors (Lipinski definition) is 1. The van der Waals surface area contributed by atoms with Gasteiger partial charge in [0.15, 0.2) is 0 Å². The van der Waals surface area contributed by atoms with Crippen molar-refractivity contribution in [3.63, 3.8) is 0 Å². The standard InChI is InChI=1S/C13H18N2O4S/c16-13(17)6-11-20(18,19)15-9-7-14(8-10-15)12-4-2-1-3-5-12/h1-5H,6-11H2,(H,16,17). The molecule has 1 N–H and O–H groups in total. The van der Waals surface area contributed by atoms with Gasteiger partial charge in [-0.1, -0.05) is 18.2 Å². The zero-order chi connectivity index (χ0) is 14.6. The van der Waals surface area contributed by atoms with Gasteiger partial charge in [0.05, 0.1) is 12.2 Å². The van der Waals surface area contributed by atoms with Crippen molar-refractivity contribution in [1.82, 2.24) is 4.31 Å². The molecule has 0 aromatic heterocycles. The Morgan fingerprint density at radius 2 is 1.70 bits per heavy atom. The fourth-order valence-electron chi connectivity index (χ4n) is 2.21. The van der Waals surface area contributed by atoms with E-state index in [2.05, 4.69) is 4.90 Å². The summed E-state index contributed by atoms with van der Waals surface area (Å²) in [4.78, 5) is 12.6. The molecule has 0 aliphatic carbocycles. The number of hydrogen-bond acceptors (Lipinski definition) is 4. The van der Waals surface area contributed by atoms with Gasteiger partial charge in [-0.25, -0.2) is 8.42 Å². The van der Waals surface area contributed by atoms with Gasteiger partial charge in [-0.3, -0.25) is 4.79 Å². The van der Waals surface area contributed by atoms with Gasteiger partial charge in [-0.2, -0.15) is 4.31 Å². The molecular formula is C13H18N2O4S. The number of rotatable bonds is 5. The summed E-state index contributed by atoms with van der Waals surface area (Å²) in [5, 5.41) is 8.57. The molecule has 110 valence electrons. The Hall–Kier alpha value is -1.60. The smallest absolute Gasteiger partial charge is 0.304 e. The van der Waals surface area contributed by atoms with E-state index >= 15 is 0 Å². The molecule has 0 saturated carbocycles. The Kier molecular flexibility index (Phi) is 4.61. The lowest BCUT2D eigenvalue weighted by molar-refractivity contribution is -0.136. The molecule has 2 rings (SSSR count). The first-order chi connectivity index (χ1) is 9.49. The van der Waals surface area contributed by atoms with Crippen LogP contribution in [-0.2, 0) is 14.8 Å². The van der Waals surface area contributed by atoms with Crippen molar-refractivity contribution >= 4 is 21.7 Å². The minimum Gasteiger partial charge on any atom is -0.481 e. The predicted octanol–water partition coefficient (Wildman–Crippen LogP) is 0.613. The summed E-state index contributed by atoms with van der Waals surface area (Å²) in [6, 6.07) is 9.83. The molecule has 1 aromatic carbocycles. The van der Waals surface area contributed by atoms with Gasteiger partial charge in [-0.15, -0.1) is 0 Å². The van der Waals surface area contributed by atoms with Crippen LogP contribution in [0, 0.1) is 0 Å². The second-order valence-corrected chi connectivity index (χ2v) is 6.77. The second kappa shape index (κ2) is 6.23. The molecular weight excluding hydrogens is 280 g/mol. The lowest BCUT2D eigenvalue weighted by Gasteiger charge is -2.35. The highest BCUT2D eigenvalue weighted by Gasteiger charge is 2.27. The Balaban J connectivity index is 1.92. The van der Waals surface area contributed by atoms with Gasteiger partial charge in [0.25, 0.3) is 0 Å². The lowest BCUT2D eigenvalue weighted by atomic mass is 10.2. The molecule has 20 heavy (non-hydrogen) atoms. The number of nitrogens with zero attached hydrogens (tertiary/aromatic N) is 2. The van der Waals surface area contributed by atoms with Crippen molar-refractivity contribution < 1.29 is 18.3 Å². The lowest BCUT2D eigenvalue weighted by Crippen LogP contribution is -2.49. The van der Waals surface area contributed by atoms with Crippen LogP contribution < -0.4 is 4.90 Å². The van der Waals surface area contributed by atoms with Gasteiger partial charge in [0.1, 0.15) is 0 Å². The quantitative estimate of drug-likeness (QED) is 0.862. The van der Waals surface area contributed by atoms with Crippen molar-refractivity contribution in [1.29, 1.82) is 0 Å². The number of carboxylic acids is 1. The van der Waals surface area contributed by atoms with E-state index in [4.69, 9.17) is 5.11 Å². The highest BCUT2D eigenvalue weighted by atomic mass is 32.2. The zero-order valence-electron chi connectivity index (χ0n) is 11.1. The maximum atomic E-state index is 12.0. The van der Waals surface area contributed by atoms with Gasteiger partial charge >= 0.3 is 5.97 Å². The zero-order valence-corrected chi connectivity index (χ0v) is 11.9. The number of benzene rings is 1. The maximum absolute atomic E-state index is 12.0. The third-order valence-corrected chi connectivity index (χ3v) is 5.20. The average Bonchev–Trinajstić information content (AvgIpc) is 2.46. The maximum Gasteiger partial charge on any atom is 0.304 e. The minimum atomic E-state index is -3.46. The number of aliphatic carboxylic acids is 1. The van der Waals surface area contributed by atoms with Crippen LogP contribution in [0.3, 0.4) is 0 Å². The van der Waals surface area contributed by atoms with Crippen molar-refractivity contribution in [2.75, 3.05) is 36.8 Å². The molecule has 1 fully saturated rings. The van der Waals surface area contributed by atoms with Gasteiger partial charge in [0, 0.05) is 31.9 Å². The van der Waals surface area contributed by atoms with Crippen molar-refractivity contribution in [3.8, 4) is 0 Å². The molecule has 0 radical (unpaired) electrons. The van der Waals surface area contributed by atoms with Crippen molar-refractivity contribution in [2.45, 2.75) is 6.42 Å². The highest BCUT2D eigenvalue weighted by Crippen LogP contribution is 2.17. The van der Waals surface area contributed by atoms with Crippen LogP contribution in [0.2, 0.25) is 0 Å². The van der Waals surface area contributed by atoms with E-state index in [-0.39, 0.29) is 12.2 Å². The van der Waals surface area contributed by atoms with Crippen LogP contribution in [0.4, 0.5) is 5.69 Å². The molecule has 0 atom stereocenters. The van der Waals surface area contributed by atoms with E-state index in [1.165, 1.54) is 4.31 Å². The van der Waals surface area contributed by atoms with Gasteiger partial charge in [0.2, 0.25) is 10.0 Å². The summed E-state index contributed by atoms with van der Waals surface area (Å²) in [7, 11) is -3.46. The molecule has 1 saturated heterocycles. The first-order valence-electron chi connectivity index (χ1n) is 6.49. The Morgan fingerprint density at radius 3 is 2.25 bits per heavy atom. The van der Waals surface area contributed by atoms with E-state index in [0.717, 1.165) is 5.69 Å². The SMILES string of the molecule is O=C(O)CCS(=O)(=O)N1CCN(c2ccccc2)CC1. The van der Waals surface area contributed by atoms with Gasteiger partial charge < -0.3 is 10.0 Å². The minimum absolute atomic E-state index is 0.326. The third kappa shape index (κ3) is 3.71. The number of piperazine rings is 1. The van der Waals surface area contributed by atoms with Gasteiger partial charge in [-0.05, 0) is 12.1 Å². The molecule has 1 heterocycles. The third-order valence-electron chi connectivity index (χ3n) is 3.33. The summed E-state index contributed by atoms with van der Waals surface area (Å²) in [6.07, 6.45) is -0.346. The molecule has 0 amide bonds. The van der Waals surface area contributed by atoms with E-state index in [1.807, 2.05) is 30.3 Å². The largest absolute Gasteiger partial charge is 0.481 e. The van der Waals surface area contributed by atoms with E-state index in [0.29, 0.717) is 26.2 Å². The number of carbonyl (C=O) groups is 1. The van der Waals surface area contributed by atoms with E-state index < -0.39 is 16.0 Å². The van der Waals surface area contributed by atoms with Crippen LogP contribution in [0.25, 0.3) is 0 Å². The Morgan fingerprint density at radius 1 is 1.10 bits per heavy atom. The highest BCUT2D eigenvalue weighted by molar-refractivity contribution is 7.89. The molecule has 1 aromatic rings. The normalized spacial score (nSPS) is 17.1. The Bertz CT molecular complexity index is 551. The van der Waals surface area contributed by atoms with Crippen molar-refractivity contribution in [2.24, 2.45) is 0 Å². The van der Waals surface area contributed by atoms with E-state index in [1.54, 1.807) is 0 Å². The van der Waals surface area contributed by atoms with Crippen LogP contribution in [-0.4, -0.2) is 55.7 Å². The summed E-state index contributed by atoms with van der Waals surface area (Å²) >= 11 is 0. The molecule has 0 spiro atoms. The number of anilines is 1. The topological polar surface area (TPSA) is 77.9 Å². The van der Waals surface area contributed by atoms with E-state index in [9.17, 15) is 13.2 Å². The first kappa shape index (κ1) is 14.8. The van der Waals surface area contributed by atoms with Crippen LogP contribution in [0.5, 0.6) is 0 Å². The number of para-hydroxylation sites is 1. The van der Waals surface area contributed by atoms with Crippen molar-refractivity contribution in [3.05, 3.63) is 30.3 Å². The fraction of sp³-hybridized carbons (Fsp3) is 0.462. The first-order valence-corrected chi connectivity index (χ1v) is 8.09. The van der Waals surface area contributed by atoms with Crippen LogP contribution in [0.1, 0.15) is 6.42 Å². The molecule has 1 aliphatic rings. The molecule has 0 bridgehead atoms. The van der Waals surface area contributed by atoms with Crippen LogP contribution in [0.15, 0.2) is 30.3 Å². The average molecular weight is 298 g/mol. The molecule has 0 unspecified atom stereocenters. The molecule has 1 aliphatic heterocycles. The second-order valence-electron chi connectivity index (χ2n) is 4.68. The van der Waals surface area contributed by atoms with Crippen LogP contribution >= 0.6 is 0 Å². The summed E-state index contributed by atoms with van der Waals surface area (Å²) in [5.41, 5.74) is 1.08. The predicted molar refractivity (Wildman–Crippen MR) is 76.3 cm³/mol. The number of carboxylic acid groups (broad SMARTS) is 1. The molecule has 6 nitrogen and oxygen atoms in total. The summed E-state index contributed by atoms with van der Waals surface area (Å²) in [5.74, 6) is -1.41. The monoisotopic (exact) mass is 298 g/mol. The summed E-state index contributed by atoms with van der Waals surface area (Å²) < 4.78 is 25.3. The number of sulfonamides is 1. The summed E-state index contributed by atoms with van der Waals surface area (Å²) in [6.45, 7) is 2.04. The fourth-order valence-corrected chi connectivity index (χ4v) is 3.62. The molecule has 7 heteroatoms.